The van der Waals surface area contributed by atoms with E-state index in [4.69, 9.17) is 4.74 Å². The zero-order chi connectivity index (χ0) is 12.0. The maximum absolute atomic E-state index is 12.1. The van der Waals surface area contributed by atoms with Gasteiger partial charge in [-0.25, -0.2) is 0 Å². The quantitative estimate of drug-likeness (QED) is 0.342. The Labute approximate surface area is 111 Å². The Morgan fingerprint density at radius 1 is 1.62 bits per heavy atom. The lowest BCUT2D eigenvalue weighted by atomic mass is 9.69. The van der Waals surface area contributed by atoms with E-state index in [1.165, 1.54) is 0 Å². The number of ether oxygens (including phenoxy) is 1. The van der Waals surface area contributed by atoms with Crippen molar-refractivity contribution in [3.8, 4) is 9.85 Å². The largest absolute Gasteiger partial charge is 0.465 e. The van der Waals surface area contributed by atoms with Gasteiger partial charge in [0.25, 0.3) is 0 Å². The molecule has 88 valence electrons. The third-order valence-electron chi connectivity index (χ3n) is 3.13. The molecule has 0 aromatic heterocycles. The molecule has 0 heterocycles. The number of hydrogen-bond acceptors (Lipinski definition) is 2. The second kappa shape index (κ2) is 6.29. The van der Waals surface area contributed by atoms with Crippen LogP contribution in [0, 0.1) is 15.3 Å². The minimum atomic E-state index is -0.535. The number of hydrogen-bond donors (Lipinski definition) is 0. The summed E-state index contributed by atoms with van der Waals surface area (Å²) < 4.78 is 8.01. The molecule has 1 saturated carbocycles. The van der Waals surface area contributed by atoms with Gasteiger partial charge in [0.1, 0.15) is 0 Å². The van der Waals surface area contributed by atoms with Gasteiger partial charge in [0, 0.05) is 29.0 Å². The van der Waals surface area contributed by atoms with Crippen LogP contribution in [0.5, 0.6) is 0 Å². The molecule has 16 heavy (non-hydrogen) atoms. The van der Waals surface area contributed by atoms with Crippen LogP contribution in [0.2, 0.25) is 0 Å². The maximum Gasteiger partial charge on any atom is 0.317 e. The van der Waals surface area contributed by atoms with E-state index < -0.39 is 5.41 Å². The highest BCUT2D eigenvalue weighted by molar-refractivity contribution is 14.1. The first-order valence-electron chi connectivity index (χ1n) is 5.61. The smallest absolute Gasteiger partial charge is 0.317 e. The summed E-state index contributed by atoms with van der Waals surface area (Å²) in [6, 6.07) is 0. The van der Waals surface area contributed by atoms with Crippen LogP contribution in [0.1, 0.15) is 39.0 Å². The molecule has 0 aliphatic heterocycles. The second-order valence-electron chi connectivity index (χ2n) is 4.06. The fourth-order valence-electron chi connectivity index (χ4n) is 2.17. The minimum Gasteiger partial charge on any atom is -0.465 e. The second-order valence-corrected chi connectivity index (χ2v) is 4.60. The molecule has 1 atom stereocenters. The molecule has 2 nitrogen and oxygen atoms in total. The van der Waals surface area contributed by atoms with Crippen LogP contribution in [-0.2, 0) is 9.53 Å². The summed E-state index contributed by atoms with van der Waals surface area (Å²) in [7, 11) is 0. The molecule has 1 rings (SSSR count). The van der Waals surface area contributed by atoms with Crippen molar-refractivity contribution in [1.29, 1.82) is 0 Å². The van der Waals surface area contributed by atoms with Gasteiger partial charge in [0.2, 0.25) is 0 Å². The van der Waals surface area contributed by atoms with Gasteiger partial charge in [0.15, 0.2) is 0 Å². The van der Waals surface area contributed by atoms with Gasteiger partial charge < -0.3 is 4.74 Å². The Kier molecular flexibility index (Phi) is 5.33. The maximum atomic E-state index is 12.1. The van der Waals surface area contributed by atoms with Crippen LogP contribution in [0.3, 0.4) is 0 Å². The Hall–Kier alpha value is -0.500. The topological polar surface area (TPSA) is 26.3 Å². The molecule has 0 aromatic rings. The number of esters is 1. The van der Waals surface area contributed by atoms with Gasteiger partial charge in [-0.1, -0.05) is 24.5 Å². The average molecular weight is 332 g/mol. The molecule has 1 fully saturated rings. The number of rotatable bonds is 3. The predicted molar refractivity (Wildman–Crippen MR) is 73.1 cm³/mol. The molecule has 1 unspecified atom stereocenters. The third kappa shape index (κ3) is 2.79. The van der Waals surface area contributed by atoms with E-state index in [0.717, 1.165) is 31.3 Å². The molecule has 0 spiro atoms. The van der Waals surface area contributed by atoms with Crippen LogP contribution < -0.4 is 0 Å². The number of carbonyl (C=O) groups is 1. The van der Waals surface area contributed by atoms with Crippen LogP contribution in [-0.4, -0.2) is 12.6 Å². The Balaban J connectivity index is 2.92. The summed E-state index contributed by atoms with van der Waals surface area (Å²) in [6.45, 7) is 6.31. The zero-order valence-corrected chi connectivity index (χ0v) is 11.8. The summed E-state index contributed by atoms with van der Waals surface area (Å²) in [5.41, 5.74) is 0.461. The van der Waals surface area contributed by atoms with E-state index in [1.54, 1.807) is 0 Å². The predicted octanol–water partition coefficient (Wildman–Crippen LogP) is 3.45. The third-order valence-corrected chi connectivity index (χ3v) is 3.51. The van der Waals surface area contributed by atoms with Gasteiger partial charge in [-0.2, -0.15) is 0 Å². The molecule has 0 saturated heterocycles. The molecule has 0 radical (unpaired) electrons. The van der Waals surface area contributed by atoms with Crippen molar-refractivity contribution in [2.24, 2.45) is 5.41 Å². The molecule has 0 bridgehead atoms. The van der Waals surface area contributed by atoms with E-state index >= 15 is 0 Å². The summed E-state index contributed by atoms with van der Waals surface area (Å²) >= 11 is 2.00. The van der Waals surface area contributed by atoms with E-state index in [-0.39, 0.29) is 5.97 Å². The highest BCUT2D eigenvalue weighted by Crippen LogP contribution is 2.43. The van der Waals surface area contributed by atoms with Gasteiger partial charge in [-0.3, -0.25) is 4.79 Å². The SMILES string of the molecule is C=C1CCCCC1(CC#CI)C(=O)OCC. The van der Waals surface area contributed by atoms with Crippen molar-refractivity contribution in [1.82, 2.24) is 0 Å². The highest BCUT2D eigenvalue weighted by atomic mass is 127. The standard InChI is InChI=1S/C13H17IO2/c1-3-16-12(15)13(9-6-10-14)8-5-4-7-11(13)2/h2-5,7-9H2,1H3. The van der Waals surface area contributed by atoms with Gasteiger partial charge in [-0.15, -0.1) is 0 Å². The Bertz CT molecular complexity index is 338. The van der Waals surface area contributed by atoms with Crippen LogP contribution >= 0.6 is 22.6 Å². The molecular weight excluding hydrogens is 315 g/mol. The zero-order valence-electron chi connectivity index (χ0n) is 9.64. The number of halogens is 1. The molecule has 0 N–H and O–H groups in total. The first-order valence-corrected chi connectivity index (χ1v) is 6.69. The summed E-state index contributed by atoms with van der Waals surface area (Å²) in [6.07, 6.45) is 4.48. The van der Waals surface area contributed by atoms with Crippen LogP contribution in [0.15, 0.2) is 12.2 Å². The summed E-state index contributed by atoms with van der Waals surface area (Å²) in [4.78, 5) is 12.1. The first-order chi connectivity index (χ1) is 7.67. The fraction of sp³-hybridized carbons (Fsp3) is 0.615. The van der Waals surface area contributed by atoms with Crippen LogP contribution in [0.4, 0.5) is 0 Å². The summed E-state index contributed by atoms with van der Waals surface area (Å²) in [5, 5.41) is 0. The van der Waals surface area contributed by atoms with Crippen molar-refractivity contribution in [2.75, 3.05) is 6.61 Å². The summed E-state index contributed by atoms with van der Waals surface area (Å²) in [5.74, 6) is 2.86. The van der Waals surface area contributed by atoms with Crippen molar-refractivity contribution < 1.29 is 9.53 Å². The average Bonchev–Trinajstić information content (AvgIpc) is 2.28. The molecule has 0 amide bonds. The Morgan fingerprint density at radius 2 is 2.38 bits per heavy atom. The van der Waals surface area contributed by atoms with Gasteiger partial charge in [0.05, 0.1) is 12.0 Å². The lowest BCUT2D eigenvalue weighted by Gasteiger charge is -2.35. The lowest BCUT2D eigenvalue weighted by molar-refractivity contribution is -0.154. The van der Waals surface area contributed by atoms with Crippen molar-refractivity contribution >= 4 is 28.6 Å². The van der Waals surface area contributed by atoms with Crippen molar-refractivity contribution in [3.63, 3.8) is 0 Å². The molecule has 1 aliphatic rings. The van der Waals surface area contributed by atoms with Crippen molar-refractivity contribution in [2.45, 2.75) is 39.0 Å². The van der Waals surface area contributed by atoms with E-state index in [1.807, 2.05) is 29.5 Å². The number of carbonyl (C=O) groups excluding carboxylic acids is 1. The van der Waals surface area contributed by atoms with Gasteiger partial charge >= 0.3 is 5.97 Å². The fourth-order valence-corrected chi connectivity index (χ4v) is 2.36. The lowest BCUT2D eigenvalue weighted by Crippen LogP contribution is -2.36. The van der Waals surface area contributed by atoms with Crippen molar-refractivity contribution in [3.05, 3.63) is 12.2 Å². The van der Waals surface area contributed by atoms with E-state index in [0.29, 0.717) is 13.0 Å². The van der Waals surface area contributed by atoms with Gasteiger partial charge in [-0.05, 0) is 30.1 Å². The monoisotopic (exact) mass is 332 g/mol. The normalized spacial score (nSPS) is 24.5. The van der Waals surface area contributed by atoms with E-state index in [2.05, 4.69) is 16.4 Å². The molecule has 1 aliphatic carbocycles. The van der Waals surface area contributed by atoms with Crippen LogP contribution in [0.25, 0.3) is 0 Å². The first kappa shape index (κ1) is 13.6. The highest BCUT2D eigenvalue weighted by Gasteiger charge is 2.43. The molecule has 0 aromatic carbocycles. The van der Waals surface area contributed by atoms with E-state index in [9.17, 15) is 4.79 Å². The molecular formula is C13H17IO2. The Morgan fingerprint density at radius 3 is 2.94 bits per heavy atom. The minimum absolute atomic E-state index is 0.140. The molecule has 3 heteroatoms.